The molecule has 0 aromatic heterocycles. The van der Waals surface area contributed by atoms with Gasteiger partial charge in [-0.3, -0.25) is 14.3 Å². The lowest BCUT2D eigenvalue weighted by Gasteiger charge is -2.31. The van der Waals surface area contributed by atoms with Gasteiger partial charge in [0, 0.05) is 24.3 Å². The molecular formula is C24H30N2O5S. The summed E-state index contributed by atoms with van der Waals surface area (Å²) in [5, 5.41) is 0. The second-order valence-electron chi connectivity index (χ2n) is 8.20. The Kier molecular flexibility index (Phi) is 7.23. The van der Waals surface area contributed by atoms with Gasteiger partial charge in [-0.25, -0.2) is 8.42 Å². The molecule has 1 saturated heterocycles. The first-order valence-electron chi connectivity index (χ1n) is 10.8. The summed E-state index contributed by atoms with van der Waals surface area (Å²) in [5.74, 6) is -0.661. The molecule has 8 heteroatoms. The van der Waals surface area contributed by atoms with Crippen LogP contribution >= 0.6 is 0 Å². The maximum Gasteiger partial charge on any atom is 0.309 e. The second kappa shape index (κ2) is 9.73. The van der Waals surface area contributed by atoms with Crippen molar-refractivity contribution in [2.75, 3.05) is 24.4 Å². The Morgan fingerprint density at radius 2 is 1.66 bits per heavy atom. The third-order valence-electron chi connectivity index (χ3n) is 5.89. The van der Waals surface area contributed by atoms with Gasteiger partial charge in [0.25, 0.3) is 15.9 Å². The lowest BCUT2D eigenvalue weighted by atomic mass is 9.96. The first-order chi connectivity index (χ1) is 15.1. The number of carbonyl (C=O) groups is 2. The van der Waals surface area contributed by atoms with Crippen LogP contribution in [-0.4, -0.2) is 44.9 Å². The van der Waals surface area contributed by atoms with Crippen LogP contribution in [0.15, 0.2) is 41.3 Å². The standard InChI is InChI=1S/C24H30N2O5S/c1-5-31-24(28)19-10-12-26(13-11-19)23(27)20-8-6-17(3)22(15-20)32(29,30)25-21-9-7-16(2)18(4)14-21/h6-9,14-15,19,25H,5,10-13H2,1-4H3. The van der Waals surface area contributed by atoms with E-state index in [1.165, 1.54) is 6.07 Å². The molecule has 1 aliphatic rings. The highest BCUT2D eigenvalue weighted by molar-refractivity contribution is 7.92. The smallest absolute Gasteiger partial charge is 0.309 e. The Morgan fingerprint density at radius 1 is 1.00 bits per heavy atom. The van der Waals surface area contributed by atoms with Gasteiger partial charge in [-0.2, -0.15) is 0 Å². The molecule has 0 atom stereocenters. The van der Waals surface area contributed by atoms with Crippen molar-refractivity contribution in [3.05, 3.63) is 58.7 Å². The van der Waals surface area contributed by atoms with Crippen molar-refractivity contribution >= 4 is 27.6 Å². The zero-order chi connectivity index (χ0) is 23.5. The fourth-order valence-corrected chi connectivity index (χ4v) is 5.12. The van der Waals surface area contributed by atoms with Crippen LogP contribution in [0.2, 0.25) is 0 Å². The number of benzene rings is 2. The number of esters is 1. The highest BCUT2D eigenvalue weighted by atomic mass is 32.2. The van der Waals surface area contributed by atoms with E-state index >= 15 is 0 Å². The van der Waals surface area contributed by atoms with Gasteiger partial charge in [-0.05, 0) is 81.5 Å². The average molecular weight is 459 g/mol. The van der Waals surface area contributed by atoms with Gasteiger partial charge >= 0.3 is 5.97 Å². The summed E-state index contributed by atoms with van der Waals surface area (Å²) in [4.78, 5) is 26.7. The Hall–Kier alpha value is -2.87. The van der Waals surface area contributed by atoms with E-state index in [1.54, 1.807) is 43.0 Å². The highest BCUT2D eigenvalue weighted by Crippen LogP contribution is 2.25. The third-order valence-corrected chi connectivity index (χ3v) is 7.41. The summed E-state index contributed by atoms with van der Waals surface area (Å²) in [6.07, 6.45) is 1.08. The fraction of sp³-hybridized carbons (Fsp3) is 0.417. The van der Waals surface area contributed by atoms with Crippen LogP contribution in [0.5, 0.6) is 0 Å². The van der Waals surface area contributed by atoms with E-state index in [4.69, 9.17) is 4.74 Å². The van der Waals surface area contributed by atoms with Crippen molar-refractivity contribution < 1.29 is 22.7 Å². The predicted octanol–water partition coefficient (Wildman–Crippen LogP) is 3.83. The van der Waals surface area contributed by atoms with Crippen LogP contribution in [0.1, 0.15) is 46.8 Å². The third kappa shape index (κ3) is 5.30. The normalized spacial score (nSPS) is 14.8. The quantitative estimate of drug-likeness (QED) is 0.664. The molecule has 0 unspecified atom stereocenters. The first-order valence-corrected chi connectivity index (χ1v) is 12.3. The number of hydrogen-bond acceptors (Lipinski definition) is 5. The number of nitrogens with zero attached hydrogens (tertiary/aromatic N) is 1. The molecule has 3 rings (SSSR count). The van der Waals surface area contributed by atoms with Crippen molar-refractivity contribution in [1.29, 1.82) is 0 Å². The second-order valence-corrected chi connectivity index (χ2v) is 9.85. The van der Waals surface area contributed by atoms with Crippen molar-refractivity contribution in [1.82, 2.24) is 4.90 Å². The summed E-state index contributed by atoms with van der Waals surface area (Å²) in [6.45, 7) is 8.56. The topological polar surface area (TPSA) is 92.8 Å². The van der Waals surface area contributed by atoms with Crippen molar-refractivity contribution in [2.45, 2.75) is 45.4 Å². The number of piperidine rings is 1. The van der Waals surface area contributed by atoms with Gasteiger partial charge in [0.15, 0.2) is 0 Å². The van der Waals surface area contributed by atoms with Crippen LogP contribution in [0.25, 0.3) is 0 Å². The molecule has 0 radical (unpaired) electrons. The number of ether oxygens (including phenoxy) is 1. The van der Waals surface area contributed by atoms with Gasteiger partial charge in [0.05, 0.1) is 17.4 Å². The molecular weight excluding hydrogens is 428 g/mol. The SMILES string of the molecule is CCOC(=O)C1CCN(C(=O)c2ccc(C)c(S(=O)(=O)Nc3ccc(C)c(C)c3)c2)CC1. The molecule has 0 aliphatic carbocycles. The van der Waals surface area contributed by atoms with Crippen LogP contribution in [0, 0.1) is 26.7 Å². The number of sulfonamides is 1. The monoisotopic (exact) mass is 458 g/mol. The van der Waals surface area contributed by atoms with E-state index < -0.39 is 10.0 Å². The molecule has 0 spiro atoms. The lowest BCUT2D eigenvalue weighted by Crippen LogP contribution is -2.40. The number of hydrogen-bond donors (Lipinski definition) is 1. The summed E-state index contributed by atoms with van der Waals surface area (Å²) in [6, 6.07) is 10.1. The molecule has 1 fully saturated rings. The average Bonchev–Trinajstić information content (AvgIpc) is 2.76. The van der Waals surface area contributed by atoms with E-state index in [1.807, 2.05) is 19.9 Å². The lowest BCUT2D eigenvalue weighted by molar-refractivity contribution is -0.149. The molecule has 172 valence electrons. The van der Waals surface area contributed by atoms with Crippen molar-refractivity contribution in [3.8, 4) is 0 Å². The largest absolute Gasteiger partial charge is 0.466 e. The maximum absolute atomic E-state index is 13.1. The van der Waals surface area contributed by atoms with E-state index in [9.17, 15) is 18.0 Å². The van der Waals surface area contributed by atoms with Crippen LogP contribution in [0.4, 0.5) is 5.69 Å². The summed E-state index contributed by atoms with van der Waals surface area (Å²) >= 11 is 0. The number of aryl methyl sites for hydroxylation is 3. The van der Waals surface area contributed by atoms with Gasteiger partial charge in [0.2, 0.25) is 0 Å². The summed E-state index contributed by atoms with van der Waals surface area (Å²) in [5.41, 5.74) is 3.40. The minimum Gasteiger partial charge on any atom is -0.466 e. The Bertz CT molecular complexity index is 1120. The van der Waals surface area contributed by atoms with Crippen LogP contribution < -0.4 is 4.72 Å². The molecule has 2 aromatic carbocycles. The summed E-state index contributed by atoms with van der Waals surface area (Å²) < 4.78 is 33.8. The maximum atomic E-state index is 13.1. The molecule has 1 heterocycles. The minimum absolute atomic E-state index is 0.0722. The Labute approximate surface area is 189 Å². The predicted molar refractivity (Wildman–Crippen MR) is 123 cm³/mol. The number of rotatable bonds is 6. The summed E-state index contributed by atoms with van der Waals surface area (Å²) in [7, 11) is -3.87. The van der Waals surface area contributed by atoms with Gasteiger partial charge < -0.3 is 9.64 Å². The zero-order valence-corrected chi connectivity index (χ0v) is 19.8. The van der Waals surface area contributed by atoms with Crippen molar-refractivity contribution in [2.24, 2.45) is 5.92 Å². The molecule has 0 bridgehead atoms. The van der Waals surface area contributed by atoms with Gasteiger partial charge in [-0.15, -0.1) is 0 Å². The molecule has 7 nitrogen and oxygen atoms in total. The molecule has 0 saturated carbocycles. The van der Waals surface area contributed by atoms with E-state index in [-0.39, 0.29) is 22.7 Å². The number of carbonyl (C=O) groups excluding carboxylic acids is 2. The molecule has 2 aromatic rings. The fourth-order valence-electron chi connectivity index (χ4n) is 3.80. The molecule has 1 amide bonds. The van der Waals surface area contributed by atoms with E-state index in [0.29, 0.717) is 49.4 Å². The molecule has 1 aliphatic heterocycles. The van der Waals surface area contributed by atoms with E-state index in [2.05, 4.69) is 4.72 Å². The van der Waals surface area contributed by atoms with Crippen LogP contribution in [0.3, 0.4) is 0 Å². The first kappa shape index (κ1) is 23.8. The van der Waals surface area contributed by atoms with Gasteiger partial charge in [-0.1, -0.05) is 12.1 Å². The van der Waals surface area contributed by atoms with Gasteiger partial charge in [0.1, 0.15) is 0 Å². The highest BCUT2D eigenvalue weighted by Gasteiger charge is 2.29. The molecule has 1 N–H and O–H groups in total. The number of nitrogens with one attached hydrogen (secondary N) is 1. The number of amides is 1. The van der Waals surface area contributed by atoms with Crippen LogP contribution in [-0.2, 0) is 19.6 Å². The van der Waals surface area contributed by atoms with E-state index in [0.717, 1.165) is 11.1 Å². The van der Waals surface area contributed by atoms with Crippen molar-refractivity contribution in [3.63, 3.8) is 0 Å². The zero-order valence-electron chi connectivity index (χ0n) is 19.0. The molecule has 32 heavy (non-hydrogen) atoms. The Morgan fingerprint density at radius 3 is 2.28 bits per heavy atom. The number of anilines is 1. The minimum atomic E-state index is -3.87. The number of likely N-dealkylation sites (tertiary alicyclic amines) is 1. The Balaban J connectivity index is 1.77.